The van der Waals surface area contributed by atoms with Crippen LogP contribution in [0.4, 0.5) is 4.39 Å². The SMILES string of the molecule is Cc1nn(-c2ccc(F)cc2)c(C)c1/C=C/C(=O)NC(C)c1ccc(S(N)(=O)=O)cc1. The van der Waals surface area contributed by atoms with E-state index in [0.717, 1.165) is 28.2 Å². The minimum Gasteiger partial charge on any atom is -0.346 e. The van der Waals surface area contributed by atoms with Crippen LogP contribution in [0.2, 0.25) is 0 Å². The van der Waals surface area contributed by atoms with Crippen LogP contribution in [0, 0.1) is 19.7 Å². The summed E-state index contributed by atoms with van der Waals surface area (Å²) in [5.74, 6) is -0.633. The predicted octanol–water partition coefficient (Wildman–Crippen LogP) is 3.17. The van der Waals surface area contributed by atoms with Gasteiger partial charge in [-0.3, -0.25) is 4.79 Å². The van der Waals surface area contributed by atoms with Crippen LogP contribution in [-0.4, -0.2) is 24.1 Å². The Kier molecular flexibility index (Phi) is 6.37. The lowest BCUT2D eigenvalue weighted by atomic mass is 10.1. The maximum absolute atomic E-state index is 13.2. The molecule has 9 heteroatoms. The molecule has 0 fully saturated rings. The van der Waals surface area contributed by atoms with Crippen molar-refractivity contribution < 1.29 is 17.6 Å². The Bertz CT molecular complexity index is 1230. The quantitative estimate of drug-likeness (QED) is 0.572. The van der Waals surface area contributed by atoms with Crippen molar-refractivity contribution in [3.8, 4) is 5.69 Å². The lowest BCUT2D eigenvalue weighted by Crippen LogP contribution is -2.24. The highest BCUT2D eigenvalue weighted by Gasteiger charge is 2.13. The first kappa shape index (κ1) is 22.4. The molecule has 3 aromatic rings. The maximum atomic E-state index is 13.2. The van der Waals surface area contributed by atoms with E-state index in [-0.39, 0.29) is 22.7 Å². The van der Waals surface area contributed by atoms with Gasteiger partial charge in [-0.25, -0.2) is 22.6 Å². The summed E-state index contributed by atoms with van der Waals surface area (Å²) in [6, 6.07) is 11.7. The second-order valence-corrected chi connectivity index (χ2v) is 8.71. The normalized spacial score (nSPS) is 12.8. The summed E-state index contributed by atoms with van der Waals surface area (Å²) in [5.41, 5.74) is 3.82. The molecule has 0 aliphatic rings. The number of amides is 1. The van der Waals surface area contributed by atoms with Crippen molar-refractivity contribution in [1.29, 1.82) is 0 Å². The molecule has 162 valence electrons. The molecule has 1 unspecified atom stereocenters. The van der Waals surface area contributed by atoms with Crippen molar-refractivity contribution >= 4 is 22.0 Å². The van der Waals surface area contributed by atoms with Crippen molar-refractivity contribution in [2.24, 2.45) is 5.14 Å². The van der Waals surface area contributed by atoms with Crippen LogP contribution in [-0.2, 0) is 14.8 Å². The second-order valence-electron chi connectivity index (χ2n) is 7.15. The first-order valence-corrected chi connectivity index (χ1v) is 11.0. The number of halogens is 1. The molecule has 1 aromatic heterocycles. The monoisotopic (exact) mass is 442 g/mol. The van der Waals surface area contributed by atoms with Gasteiger partial charge in [0.05, 0.1) is 22.3 Å². The fourth-order valence-corrected chi connectivity index (χ4v) is 3.70. The number of carbonyl (C=O) groups is 1. The Hall–Kier alpha value is -3.30. The molecule has 0 saturated heterocycles. The lowest BCUT2D eigenvalue weighted by molar-refractivity contribution is -0.117. The number of primary sulfonamides is 1. The van der Waals surface area contributed by atoms with Crippen LogP contribution < -0.4 is 10.5 Å². The first-order valence-electron chi connectivity index (χ1n) is 9.50. The summed E-state index contributed by atoms with van der Waals surface area (Å²) >= 11 is 0. The van der Waals surface area contributed by atoms with E-state index in [1.807, 2.05) is 13.8 Å². The Balaban J connectivity index is 1.72. The Labute approximate surface area is 180 Å². The molecule has 31 heavy (non-hydrogen) atoms. The van der Waals surface area contributed by atoms with Gasteiger partial charge in [-0.05, 0) is 68.8 Å². The van der Waals surface area contributed by atoms with E-state index in [9.17, 15) is 17.6 Å². The minimum absolute atomic E-state index is 0.0128. The fraction of sp³-hybridized carbons (Fsp3) is 0.182. The van der Waals surface area contributed by atoms with Gasteiger partial charge in [0.1, 0.15) is 5.82 Å². The van der Waals surface area contributed by atoms with Crippen LogP contribution in [0.15, 0.2) is 59.5 Å². The topological polar surface area (TPSA) is 107 Å². The number of benzene rings is 2. The summed E-state index contributed by atoms with van der Waals surface area (Å²) in [6.07, 6.45) is 3.10. The molecule has 0 radical (unpaired) electrons. The van der Waals surface area contributed by atoms with Crippen molar-refractivity contribution in [3.63, 3.8) is 0 Å². The van der Waals surface area contributed by atoms with Crippen LogP contribution in [0.25, 0.3) is 11.8 Å². The molecule has 0 bridgehead atoms. The summed E-state index contributed by atoms with van der Waals surface area (Å²) in [7, 11) is -3.76. The second kappa shape index (κ2) is 8.83. The van der Waals surface area contributed by atoms with E-state index in [0.29, 0.717) is 0 Å². The molecule has 1 atom stereocenters. The minimum atomic E-state index is -3.76. The largest absolute Gasteiger partial charge is 0.346 e. The van der Waals surface area contributed by atoms with Gasteiger partial charge < -0.3 is 5.32 Å². The zero-order chi connectivity index (χ0) is 22.8. The van der Waals surface area contributed by atoms with Gasteiger partial charge >= 0.3 is 0 Å². The molecule has 3 rings (SSSR count). The fourth-order valence-electron chi connectivity index (χ4n) is 3.18. The van der Waals surface area contributed by atoms with Crippen molar-refractivity contribution in [3.05, 3.63) is 82.9 Å². The zero-order valence-corrected chi connectivity index (χ0v) is 18.2. The Morgan fingerprint density at radius 1 is 1.13 bits per heavy atom. The van der Waals surface area contributed by atoms with Crippen molar-refractivity contribution in [2.75, 3.05) is 0 Å². The van der Waals surface area contributed by atoms with E-state index in [1.54, 1.807) is 41.9 Å². The van der Waals surface area contributed by atoms with Crippen LogP contribution >= 0.6 is 0 Å². The van der Waals surface area contributed by atoms with Gasteiger partial charge in [0.2, 0.25) is 15.9 Å². The zero-order valence-electron chi connectivity index (χ0n) is 17.3. The Morgan fingerprint density at radius 2 is 1.74 bits per heavy atom. The van der Waals surface area contributed by atoms with Crippen LogP contribution in [0.3, 0.4) is 0 Å². The summed E-state index contributed by atoms with van der Waals surface area (Å²) in [6.45, 7) is 5.50. The molecule has 0 aliphatic heterocycles. The van der Waals surface area contributed by atoms with Crippen molar-refractivity contribution in [2.45, 2.75) is 31.7 Å². The molecular formula is C22H23FN4O3S. The number of nitrogens with two attached hydrogens (primary N) is 1. The Morgan fingerprint density at radius 3 is 2.32 bits per heavy atom. The third kappa shape index (κ3) is 5.25. The summed E-state index contributed by atoms with van der Waals surface area (Å²) in [4.78, 5) is 12.4. The number of hydrogen-bond donors (Lipinski definition) is 2. The average Bonchev–Trinajstić information content (AvgIpc) is 3.00. The van der Waals surface area contributed by atoms with Gasteiger partial charge in [-0.1, -0.05) is 12.1 Å². The molecule has 1 heterocycles. The van der Waals surface area contributed by atoms with Crippen LogP contribution in [0.5, 0.6) is 0 Å². The number of carbonyl (C=O) groups excluding carboxylic acids is 1. The van der Waals surface area contributed by atoms with Gasteiger partial charge in [-0.2, -0.15) is 5.10 Å². The van der Waals surface area contributed by atoms with Gasteiger partial charge in [0, 0.05) is 17.3 Å². The van der Waals surface area contributed by atoms with E-state index >= 15 is 0 Å². The molecule has 0 spiro atoms. The molecule has 1 amide bonds. The molecule has 3 N–H and O–H groups in total. The van der Waals surface area contributed by atoms with Gasteiger partial charge in [0.25, 0.3) is 0 Å². The molecular weight excluding hydrogens is 419 g/mol. The number of sulfonamides is 1. The van der Waals surface area contributed by atoms with E-state index in [1.165, 1.54) is 30.3 Å². The van der Waals surface area contributed by atoms with Crippen LogP contribution in [0.1, 0.15) is 35.5 Å². The molecule has 0 saturated carbocycles. The standard InChI is InChI=1S/C22H23FN4O3S/c1-14(17-4-10-20(11-5-17)31(24,29)30)25-22(28)13-12-21-15(2)26-27(16(21)3)19-8-6-18(23)7-9-19/h4-14H,1-3H3,(H,25,28)(H2,24,29,30)/b13-12+. The van der Waals surface area contributed by atoms with E-state index in [2.05, 4.69) is 10.4 Å². The van der Waals surface area contributed by atoms with Gasteiger partial charge in [-0.15, -0.1) is 0 Å². The third-order valence-corrected chi connectivity index (χ3v) is 5.82. The van der Waals surface area contributed by atoms with E-state index in [4.69, 9.17) is 5.14 Å². The number of nitrogens with one attached hydrogen (secondary N) is 1. The molecule has 2 aromatic carbocycles. The summed E-state index contributed by atoms with van der Waals surface area (Å²) in [5, 5.41) is 12.4. The number of hydrogen-bond acceptors (Lipinski definition) is 4. The molecule has 7 nitrogen and oxygen atoms in total. The first-order chi connectivity index (χ1) is 14.6. The number of nitrogens with zero attached hydrogens (tertiary/aromatic N) is 2. The predicted molar refractivity (Wildman–Crippen MR) is 116 cm³/mol. The maximum Gasteiger partial charge on any atom is 0.244 e. The number of aromatic nitrogens is 2. The third-order valence-electron chi connectivity index (χ3n) is 4.89. The number of aryl methyl sites for hydroxylation is 1. The van der Waals surface area contributed by atoms with Crippen molar-refractivity contribution in [1.82, 2.24) is 15.1 Å². The summed E-state index contributed by atoms with van der Waals surface area (Å²) < 4.78 is 37.6. The van der Waals surface area contributed by atoms with E-state index < -0.39 is 10.0 Å². The lowest BCUT2D eigenvalue weighted by Gasteiger charge is -2.13. The number of rotatable bonds is 6. The van der Waals surface area contributed by atoms with Gasteiger partial charge in [0.15, 0.2) is 0 Å². The molecule has 0 aliphatic carbocycles. The smallest absolute Gasteiger partial charge is 0.244 e. The average molecular weight is 443 g/mol. The highest BCUT2D eigenvalue weighted by atomic mass is 32.2. The highest BCUT2D eigenvalue weighted by Crippen LogP contribution is 2.20. The highest BCUT2D eigenvalue weighted by molar-refractivity contribution is 7.89.